The molecule has 0 bridgehead atoms. The minimum Gasteiger partial charge on any atom is -0.366 e. The third kappa shape index (κ3) is 2.90. The van der Waals surface area contributed by atoms with E-state index in [1.807, 2.05) is 36.6 Å². The van der Waals surface area contributed by atoms with Crippen LogP contribution in [-0.4, -0.2) is 39.7 Å². The second-order valence-electron chi connectivity index (χ2n) is 6.45. The molecule has 0 unspecified atom stereocenters. The van der Waals surface area contributed by atoms with Gasteiger partial charge in [0.25, 0.3) is 5.91 Å². The second-order valence-corrected chi connectivity index (χ2v) is 7.25. The molecule has 0 atom stereocenters. The molecule has 0 saturated heterocycles. The normalized spacial score (nSPS) is 13.2. The minimum absolute atomic E-state index is 0.108. The lowest BCUT2D eigenvalue weighted by Gasteiger charge is -2.15. The molecule has 7 heteroatoms. The lowest BCUT2D eigenvalue weighted by Crippen LogP contribution is -2.30. The van der Waals surface area contributed by atoms with E-state index in [0.717, 1.165) is 32.6 Å². The number of benzene rings is 2. The van der Waals surface area contributed by atoms with Crippen LogP contribution in [0.4, 0.5) is 0 Å². The summed E-state index contributed by atoms with van der Waals surface area (Å²) in [6.45, 7) is 4.23. The zero-order valence-corrected chi connectivity index (χ0v) is 15.6. The fourth-order valence-corrected chi connectivity index (χ4v) is 3.94. The lowest BCUT2D eigenvalue weighted by atomic mass is 9.96. The molecule has 3 N–H and O–H groups in total. The molecule has 6 nitrogen and oxygen atoms in total. The zero-order valence-electron chi connectivity index (χ0n) is 14.8. The summed E-state index contributed by atoms with van der Waals surface area (Å²) in [4.78, 5) is 25.6. The highest BCUT2D eigenvalue weighted by molar-refractivity contribution is 7.98. The van der Waals surface area contributed by atoms with E-state index >= 15 is 0 Å². The molecule has 0 fully saturated rings. The molecule has 1 aliphatic rings. The maximum Gasteiger partial charge on any atom is 0.254 e. The fourth-order valence-electron chi connectivity index (χ4n) is 3.41. The van der Waals surface area contributed by atoms with Gasteiger partial charge in [-0.2, -0.15) is 5.10 Å². The van der Waals surface area contributed by atoms with E-state index in [4.69, 9.17) is 5.73 Å². The van der Waals surface area contributed by atoms with Gasteiger partial charge in [0.1, 0.15) is 5.03 Å². The van der Waals surface area contributed by atoms with Crippen molar-refractivity contribution < 1.29 is 9.59 Å². The van der Waals surface area contributed by atoms with Crippen molar-refractivity contribution in [2.24, 2.45) is 5.73 Å². The fraction of sp³-hybridized carbons (Fsp3) is 0.150. The van der Waals surface area contributed by atoms with Gasteiger partial charge in [-0.05, 0) is 41.1 Å². The van der Waals surface area contributed by atoms with Gasteiger partial charge in [-0.1, -0.05) is 24.8 Å². The largest absolute Gasteiger partial charge is 0.366 e. The van der Waals surface area contributed by atoms with Crippen LogP contribution in [0.5, 0.6) is 0 Å². The molecule has 136 valence electrons. The Labute approximate surface area is 160 Å². The Morgan fingerprint density at radius 3 is 2.85 bits per heavy atom. The molecule has 27 heavy (non-hydrogen) atoms. The number of aromatic amines is 1. The van der Waals surface area contributed by atoms with Crippen molar-refractivity contribution in [2.45, 2.75) is 11.6 Å². The molecule has 0 aliphatic carbocycles. The Bertz CT molecular complexity index is 1100. The summed E-state index contributed by atoms with van der Waals surface area (Å²) in [7, 11) is 0. The highest BCUT2D eigenvalue weighted by Gasteiger charge is 2.30. The summed E-state index contributed by atoms with van der Waals surface area (Å²) >= 11 is 1.59. The lowest BCUT2D eigenvalue weighted by molar-refractivity contribution is -0.114. The number of nitrogens with two attached hydrogens (primary N) is 1. The van der Waals surface area contributed by atoms with Crippen LogP contribution in [0.2, 0.25) is 0 Å². The summed E-state index contributed by atoms with van der Waals surface area (Å²) in [6, 6.07) is 11.8. The maximum absolute atomic E-state index is 12.7. The summed E-state index contributed by atoms with van der Waals surface area (Å²) in [6.07, 6.45) is 1.99. The second kappa shape index (κ2) is 6.59. The van der Waals surface area contributed by atoms with Crippen molar-refractivity contribution in [2.75, 3.05) is 12.8 Å². The molecular weight excluding hydrogens is 360 g/mol. The first kappa shape index (κ1) is 17.4. The monoisotopic (exact) mass is 378 g/mol. The van der Waals surface area contributed by atoms with Crippen molar-refractivity contribution in [3.63, 3.8) is 0 Å². The molecule has 1 aliphatic heterocycles. The number of rotatable bonds is 5. The van der Waals surface area contributed by atoms with Gasteiger partial charge in [-0.25, -0.2) is 0 Å². The number of hydrogen-bond donors (Lipinski definition) is 2. The van der Waals surface area contributed by atoms with Crippen LogP contribution in [0.1, 0.15) is 15.9 Å². The quantitative estimate of drug-likeness (QED) is 0.527. The number of nitrogens with one attached hydrogen (secondary N) is 1. The number of thioether (sulfide) groups is 1. The van der Waals surface area contributed by atoms with Gasteiger partial charge in [0.05, 0.1) is 12.1 Å². The van der Waals surface area contributed by atoms with Crippen molar-refractivity contribution in [3.05, 3.63) is 59.7 Å². The summed E-state index contributed by atoms with van der Waals surface area (Å²) in [5.74, 6) is -0.697. The molecule has 2 amide bonds. The van der Waals surface area contributed by atoms with Crippen LogP contribution in [-0.2, 0) is 11.3 Å². The van der Waals surface area contributed by atoms with Gasteiger partial charge in [0.2, 0.25) is 5.91 Å². The standard InChI is InChI=1S/C20H18N4O2S/c1-11(18(21)25)9-24-10-16-13(4-3-5-14(16)20(24)26)12-6-7-17-15(8-12)19(27-2)23-22-17/h3-8H,1,9-10H2,2H3,(H2,21,25)(H,22,23). The van der Waals surface area contributed by atoms with Crippen LogP contribution in [0.3, 0.4) is 0 Å². The average Bonchev–Trinajstić information content (AvgIpc) is 3.22. The number of nitrogens with zero attached hydrogens (tertiary/aromatic N) is 2. The SMILES string of the molecule is C=C(CN1Cc2c(cccc2-c2ccc3[nH]nc(SC)c3c2)C1=O)C(N)=O. The van der Waals surface area contributed by atoms with Crippen molar-refractivity contribution in [1.82, 2.24) is 15.1 Å². The van der Waals surface area contributed by atoms with Crippen LogP contribution in [0, 0.1) is 0 Å². The highest BCUT2D eigenvalue weighted by atomic mass is 32.2. The average molecular weight is 378 g/mol. The van der Waals surface area contributed by atoms with Gasteiger partial charge in [-0.15, -0.1) is 11.8 Å². The Morgan fingerprint density at radius 1 is 1.33 bits per heavy atom. The summed E-state index contributed by atoms with van der Waals surface area (Å²) in [5.41, 5.74) is 10.1. The number of aromatic nitrogens is 2. The van der Waals surface area contributed by atoms with Crippen LogP contribution < -0.4 is 5.73 Å². The van der Waals surface area contributed by atoms with E-state index in [-0.39, 0.29) is 18.0 Å². The number of carbonyl (C=O) groups excluding carboxylic acids is 2. The first-order valence-corrected chi connectivity index (χ1v) is 9.63. The number of carbonyl (C=O) groups is 2. The Morgan fingerprint density at radius 2 is 2.11 bits per heavy atom. The van der Waals surface area contributed by atoms with Gasteiger partial charge >= 0.3 is 0 Å². The molecular formula is C20H18N4O2S. The minimum atomic E-state index is -0.589. The van der Waals surface area contributed by atoms with Gasteiger partial charge in [-0.3, -0.25) is 14.7 Å². The van der Waals surface area contributed by atoms with E-state index in [0.29, 0.717) is 12.1 Å². The van der Waals surface area contributed by atoms with Crippen molar-refractivity contribution in [1.29, 1.82) is 0 Å². The predicted molar refractivity (Wildman–Crippen MR) is 106 cm³/mol. The third-order valence-corrected chi connectivity index (χ3v) is 5.50. The molecule has 0 radical (unpaired) electrons. The molecule has 0 saturated carbocycles. The number of amides is 2. The number of primary amides is 1. The molecule has 2 aromatic carbocycles. The van der Waals surface area contributed by atoms with E-state index < -0.39 is 5.91 Å². The third-order valence-electron chi connectivity index (χ3n) is 4.81. The Hall–Kier alpha value is -3.06. The van der Waals surface area contributed by atoms with Crippen molar-refractivity contribution in [3.8, 4) is 11.1 Å². The molecule has 4 rings (SSSR count). The summed E-state index contributed by atoms with van der Waals surface area (Å²) in [5, 5.41) is 9.34. The number of H-pyrrole nitrogens is 1. The molecule has 0 spiro atoms. The van der Waals surface area contributed by atoms with Gasteiger partial charge in [0, 0.05) is 23.1 Å². The van der Waals surface area contributed by atoms with Gasteiger partial charge < -0.3 is 10.6 Å². The Kier molecular flexibility index (Phi) is 4.24. The molecule has 2 heterocycles. The van der Waals surface area contributed by atoms with Gasteiger partial charge in [0.15, 0.2) is 0 Å². The van der Waals surface area contributed by atoms with Crippen molar-refractivity contribution >= 4 is 34.5 Å². The zero-order chi connectivity index (χ0) is 19.1. The van der Waals surface area contributed by atoms with E-state index in [1.54, 1.807) is 16.7 Å². The first-order chi connectivity index (χ1) is 13.0. The van der Waals surface area contributed by atoms with Crippen LogP contribution in [0.25, 0.3) is 22.0 Å². The highest BCUT2D eigenvalue weighted by Crippen LogP contribution is 2.35. The maximum atomic E-state index is 12.7. The van der Waals surface area contributed by atoms with Crippen LogP contribution in [0.15, 0.2) is 53.6 Å². The Balaban J connectivity index is 1.75. The van der Waals surface area contributed by atoms with E-state index in [2.05, 4.69) is 22.8 Å². The molecule has 3 aromatic rings. The predicted octanol–water partition coefficient (Wildman–Crippen LogP) is 2.95. The topological polar surface area (TPSA) is 92.1 Å². The first-order valence-electron chi connectivity index (χ1n) is 8.41. The van der Waals surface area contributed by atoms with E-state index in [1.165, 1.54) is 0 Å². The number of fused-ring (bicyclic) bond motifs is 2. The molecule has 1 aromatic heterocycles. The van der Waals surface area contributed by atoms with E-state index in [9.17, 15) is 9.59 Å². The smallest absolute Gasteiger partial charge is 0.254 e. The van der Waals surface area contributed by atoms with Crippen LogP contribution >= 0.6 is 11.8 Å². The number of hydrogen-bond acceptors (Lipinski definition) is 4. The summed E-state index contributed by atoms with van der Waals surface area (Å²) < 4.78 is 0.